The first-order valence-corrected chi connectivity index (χ1v) is 6.80. The molecular formula is C13H19BrN2. The molecule has 0 heterocycles. The standard InChI is InChI=1S/C13H19BrN2/c1-2-11(7-9-3-4-9)16-13-6-5-10(14)8-12(13)15/h5-6,8-9,11,16H,2-4,7,15H2,1H3. The maximum absolute atomic E-state index is 5.98. The number of nitrogen functional groups attached to an aromatic ring is 1. The summed E-state index contributed by atoms with van der Waals surface area (Å²) in [5.74, 6) is 0.953. The van der Waals surface area contributed by atoms with Crippen molar-refractivity contribution in [2.75, 3.05) is 11.1 Å². The van der Waals surface area contributed by atoms with E-state index in [9.17, 15) is 0 Å². The van der Waals surface area contributed by atoms with E-state index in [2.05, 4.69) is 34.2 Å². The van der Waals surface area contributed by atoms with Crippen molar-refractivity contribution in [3.63, 3.8) is 0 Å². The van der Waals surface area contributed by atoms with Gasteiger partial charge in [-0.15, -0.1) is 0 Å². The van der Waals surface area contributed by atoms with Gasteiger partial charge < -0.3 is 11.1 Å². The van der Waals surface area contributed by atoms with Crippen LogP contribution in [0.3, 0.4) is 0 Å². The van der Waals surface area contributed by atoms with Crippen molar-refractivity contribution in [1.82, 2.24) is 0 Å². The second-order valence-corrected chi connectivity index (χ2v) is 5.58. The molecule has 0 bridgehead atoms. The molecule has 88 valence electrons. The van der Waals surface area contributed by atoms with E-state index in [4.69, 9.17) is 5.73 Å². The summed E-state index contributed by atoms with van der Waals surface area (Å²) in [7, 11) is 0. The molecule has 0 aliphatic heterocycles. The average molecular weight is 283 g/mol. The fourth-order valence-corrected chi connectivity index (χ4v) is 2.35. The van der Waals surface area contributed by atoms with Crippen molar-refractivity contribution in [3.8, 4) is 0 Å². The number of nitrogens with one attached hydrogen (secondary N) is 1. The van der Waals surface area contributed by atoms with Crippen LogP contribution in [0.4, 0.5) is 11.4 Å². The van der Waals surface area contributed by atoms with Crippen LogP contribution in [0.2, 0.25) is 0 Å². The Bertz CT molecular complexity index is 361. The Morgan fingerprint density at radius 2 is 2.25 bits per heavy atom. The molecule has 0 amide bonds. The number of benzene rings is 1. The van der Waals surface area contributed by atoms with E-state index < -0.39 is 0 Å². The van der Waals surface area contributed by atoms with E-state index in [1.54, 1.807) is 0 Å². The molecule has 16 heavy (non-hydrogen) atoms. The lowest BCUT2D eigenvalue weighted by molar-refractivity contribution is 0.587. The molecular weight excluding hydrogens is 264 g/mol. The maximum Gasteiger partial charge on any atom is 0.0576 e. The second kappa shape index (κ2) is 5.09. The van der Waals surface area contributed by atoms with Gasteiger partial charge in [0.05, 0.1) is 11.4 Å². The Balaban J connectivity index is 1.99. The minimum atomic E-state index is 0.566. The largest absolute Gasteiger partial charge is 0.397 e. The normalized spacial score (nSPS) is 17.1. The lowest BCUT2D eigenvalue weighted by Gasteiger charge is -2.19. The molecule has 1 fully saturated rings. The molecule has 3 N–H and O–H groups in total. The quantitative estimate of drug-likeness (QED) is 0.801. The fraction of sp³-hybridized carbons (Fsp3) is 0.538. The molecule has 1 atom stereocenters. The molecule has 0 aromatic heterocycles. The summed E-state index contributed by atoms with van der Waals surface area (Å²) in [4.78, 5) is 0. The monoisotopic (exact) mass is 282 g/mol. The molecule has 0 saturated heterocycles. The number of nitrogens with two attached hydrogens (primary N) is 1. The Hall–Kier alpha value is -0.700. The van der Waals surface area contributed by atoms with Gasteiger partial charge in [-0.1, -0.05) is 35.7 Å². The predicted octanol–water partition coefficient (Wildman–Crippen LogP) is 4.02. The molecule has 2 nitrogen and oxygen atoms in total. The van der Waals surface area contributed by atoms with Crippen LogP contribution in [-0.2, 0) is 0 Å². The van der Waals surface area contributed by atoms with Crippen molar-refractivity contribution >= 4 is 27.3 Å². The van der Waals surface area contributed by atoms with Gasteiger partial charge in [-0.25, -0.2) is 0 Å². The smallest absolute Gasteiger partial charge is 0.0576 e. The summed E-state index contributed by atoms with van der Waals surface area (Å²) < 4.78 is 1.03. The number of hydrogen-bond acceptors (Lipinski definition) is 2. The molecule has 1 aromatic carbocycles. The van der Waals surface area contributed by atoms with Crippen LogP contribution in [0.1, 0.15) is 32.6 Å². The molecule has 2 rings (SSSR count). The summed E-state index contributed by atoms with van der Waals surface area (Å²) in [6.07, 6.45) is 5.26. The molecule has 0 spiro atoms. The highest BCUT2D eigenvalue weighted by molar-refractivity contribution is 9.10. The van der Waals surface area contributed by atoms with Gasteiger partial charge in [0, 0.05) is 10.5 Å². The van der Waals surface area contributed by atoms with Gasteiger partial charge in [0.2, 0.25) is 0 Å². The third-order valence-electron chi connectivity index (χ3n) is 3.18. The van der Waals surface area contributed by atoms with Gasteiger partial charge in [-0.2, -0.15) is 0 Å². The Labute approximate surface area is 106 Å². The van der Waals surface area contributed by atoms with E-state index in [1.165, 1.54) is 19.3 Å². The van der Waals surface area contributed by atoms with E-state index in [-0.39, 0.29) is 0 Å². The van der Waals surface area contributed by atoms with E-state index in [0.717, 1.165) is 28.2 Å². The summed E-state index contributed by atoms with van der Waals surface area (Å²) in [5, 5.41) is 3.55. The third-order valence-corrected chi connectivity index (χ3v) is 3.67. The van der Waals surface area contributed by atoms with Crippen LogP contribution in [0, 0.1) is 5.92 Å². The number of anilines is 2. The van der Waals surface area contributed by atoms with Gasteiger partial charge in [-0.3, -0.25) is 0 Å². The van der Waals surface area contributed by atoms with Crippen molar-refractivity contribution in [3.05, 3.63) is 22.7 Å². The summed E-state index contributed by atoms with van der Waals surface area (Å²) in [5.41, 5.74) is 7.87. The lowest BCUT2D eigenvalue weighted by atomic mass is 10.1. The predicted molar refractivity (Wildman–Crippen MR) is 73.6 cm³/mol. The van der Waals surface area contributed by atoms with E-state index in [1.807, 2.05) is 12.1 Å². The van der Waals surface area contributed by atoms with Gasteiger partial charge in [0.25, 0.3) is 0 Å². The Kier molecular flexibility index (Phi) is 3.74. The molecule has 1 aliphatic carbocycles. The van der Waals surface area contributed by atoms with Crippen LogP contribution in [0.25, 0.3) is 0 Å². The van der Waals surface area contributed by atoms with Crippen molar-refractivity contribution in [2.45, 2.75) is 38.6 Å². The lowest BCUT2D eigenvalue weighted by Crippen LogP contribution is -2.19. The van der Waals surface area contributed by atoms with Crippen LogP contribution in [0.15, 0.2) is 22.7 Å². The van der Waals surface area contributed by atoms with Gasteiger partial charge in [0.15, 0.2) is 0 Å². The third kappa shape index (κ3) is 3.14. The molecule has 0 radical (unpaired) electrons. The summed E-state index contributed by atoms with van der Waals surface area (Å²) >= 11 is 3.42. The zero-order chi connectivity index (χ0) is 11.5. The fourth-order valence-electron chi connectivity index (χ4n) is 1.97. The Morgan fingerprint density at radius 1 is 1.50 bits per heavy atom. The van der Waals surface area contributed by atoms with Crippen LogP contribution >= 0.6 is 15.9 Å². The van der Waals surface area contributed by atoms with E-state index in [0.29, 0.717) is 6.04 Å². The van der Waals surface area contributed by atoms with Crippen LogP contribution in [-0.4, -0.2) is 6.04 Å². The number of hydrogen-bond donors (Lipinski definition) is 2. The molecule has 3 heteroatoms. The number of halogens is 1. The molecule has 1 aromatic rings. The van der Waals surface area contributed by atoms with Gasteiger partial charge >= 0.3 is 0 Å². The van der Waals surface area contributed by atoms with Crippen molar-refractivity contribution in [1.29, 1.82) is 0 Å². The highest BCUT2D eigenvalue weighted by Gasteiger charge is 2.24. The zero-order valence-electron chi connectivity index (χ0n) is 9.67. The first-order valence-electron chi connectivity index (χ1n) is 6.00. The SMILES string of the molecule is CCC(CC1CC1)Nc1ccc(Br)cc1N. The second-order valence-electron chi connectivity index (χ2n) is 4.66. The maximum atomic E-state index is 5.98. The van der Waals surface area contributed by atoms with Crippen LogP contribution in [0.5, 0.6) is 0 Å². The van der Waals surface area contributed by atoms with Gasteiger partial charge in [0.1, 0.15) is 0 Å². The summed E-state index contributed by atoms with van der Waals surface area (Å²) in [6, 6.07) is 6.60. The molecule has 1 saturated carbocycles. The Morgan fingerprint density at radius 3 is 2.81 bits per heavy atom. The average Bonchev–Trinajstić information content (AvgIpc) is 3.04. The summed E-state index contributed by atoms with van der Waals surface area (Å²) in [6.45, 7) is 2.23. The first-order chi connectivity index (χ1) is 7.69. The number of rotatable bonds is 5. The van der Waals surface area contributed by atoms with Crippen LogP contribution < -0.4 is 11.1 Å². The van der Waals surface area contributed by atoms with Crippen molar-refractivity contribution < 1.29 is 0 Å². The van der Waals surface area contributed by atoms with Gasteiger partial charge in [-0.05, 0) is 37.0 Å². The minimum absolute atomic E-state index is 0.566. The van der Waals surface area contributed by atoms with Crippen molar-refractivity contribution in [2.24, 2.45) is 5.92 Å². The molecule has 1 aliphatic rings. The molecule has 1 unspecified atom stereocenters. The first kappa shape index (κ1) is 11.8. The highest BCUT2D eigenvalue weighted by atomic mass is 79.9. The minimum Gasteiger partial charge on any atom is -0.397 e. The highest BCUT2D eigenvalue weighted by Crippen LogP contribution is 2.35. The van der Waals surface area contributed by atoms with E-state index >= 15 is 0 Å². The topological polar surface area (TPSA) is 38.0 Å². The zero-order valence-corrected chi connectivity index (χ0v) is 11.3.